The molecule has 182 valence electrons. The number of alkyl halides is 3. The largest absolute Gasteiger partial charge is 0.435 e. The number of amides is 1. The molecule has 1 atom stereocenters. The average Bonchev–Trinajstić information content (AvgIpc) is 3.35. The number of carbonyl (C=O) groups is 1. The van der Waals surface area contributed by atoms with E-state index in [1.54, 1.807) is 0 Å². The van der Waals surface area contributed by atoms with Crippen molar-refractivity contribution in [3.8, 4) is 5.82 Å². The third-order valence-corrected chi connectivity index (χ3v) is 6.77. The van der Waals surface area contributed by atoms with Crippen LogP contribution in [0.15, 0.2) is 30.9 Å². The van der Waals surface area contributed by atoms with E-state index in [0.29, 0.717) is 5.69 Å². The van der Waals surface area contributed by atoms with Gasteiger partial charge in [0.15, 0.2) is 27.2 Å². The van der Waals surface area contributed by atoms with E-state index >= 15 is 0 Å². The molecule has 1 unspecified atom stereocenters. The summed E-state index contributed by atoms with van der Waals surface area (Å²) in [6.45, 7) is 1.16. The molecule has 1 aliphatic rings. The van der Waals surface area contributed by atoms with Crippen molar-refractivity contribution >= 4 is 21.4 Å². The Morgan fingerprint density at radius 3 is 2.71 bits per heavy atom. The van der Waals surface area contributed by atoms with E-state index in [4.69, 9.17) is 0 Å². The minimum Gasteiger partial charge on any atom is -0.323 e. The number of pyridine rings is 1. The maximum absolute atomic E-state index is 14.7. The van der Waals surface area contributed by atoms with Crippen LogP contribution in [0.5, 0.6) is 0 Å². The number of hydrogen-bond acceptors (Lipinski definition) is 7. The van der Waals surface area contributed by atoms with Gasteiger partial charge in [-0.2, -0.15) is 18.3 Å². The minimum atomic E-state index is -4.64. The summed E-state index contributed by atoms with van der Waals surface area (Å²) in [6.07, 6.45) is -0.707. The first-order valence-corrected chi connectivity index (χ1v) is 11.8. The maximum Gasteiger partial charge on any atom is 0.435 e. The van der Waals surface area contributed by atoms with Gasteiger partial charge in [0.05, 0.1) is 35.1 Å². The van der Waals surface area contributed by atoms with Crippen molar-refractivity contribution in [2.75, 3.05) is 23.4 Å². The molecule has 2 N–H and O–H groups in total. The minimum absolute atomic E-state index is 0.00696. The Bertz CT molecular complexity index is 1330. The number of hydrogen-bond donors (Lipinski definition) is 2. The van der Waals surface area contributed by atoms with Gasteiger partial charge < -0.3 is 10.6 Å². The number of imidazole rings is 1. The van der Waals surface area contributed by atoms with Gasteiger partial charge in [0, 0.05) is 24.5 Å². The van der Waals surface area contributed by atoms with Gasteiger partial charge in [-0.1, -0.05) is 0 Å². The molecule has 10 nitrogen and oxygen atoms in total. The summed E-state index contributed by atoms with van der Waals surface area (Å²) in [6, 6.07) is 1.30. The Labute approximate surface area is 190 Å². The number of aromatic nitrogens is 5. The van der Waals surface area contributed by atoms with Gasteiger partial charge in [-0.15, -0.1) is 0 Å². The third kappa shape index (κ3) is 5.25. The molecule has 1 aliphatic heterocycles. The Morgan fingerprint density at radius 2 is 2.06 bits per heavy atom. The molecular weight excluding hydrogens is 482 g/mol. The van der Waals surface area contributed by atoms with Crippen LogP contribution in [0.3, 0.4) is 0 Å². The first-order valence-electron chi connectivity index (χ1n) is 9.96. The van der Waals surface area contributed by atoms with Crippen LogP contribution in [0.2, 0.25) is 0 Å². The van der Waals surface area contributed by atoms with Crippen molar-refractivity contribution in [3.63, 3.8) is 0 Å². The van der Waals surface area contributed by atoms with Crippen molar-refractivity contribution in [2.45, 2.75) is 25.7 Å². The number of carbonyl (C=O) groups excluding carboxylic acids is 1. The zero-order valence-electron chi connectivity index (χ0n) is 17.7. The molecule has 0 radical (unpaired) electrons. The van der Waals surface area contributed by atoms with Gasteiger partial charge in [0.2, 0.25) is 5.91 Å². The van der Waals surface area contributed by atoms with E-state index < -0.39 is 46.0 Å². The van der Waals surface area contributed by atoms with E-state index in [9.17, 15) is 30.8 Å². The molecule has 1 amide bonds. The van der Waals surface area contributed by atoms with Gasteiger partial charge in [0.1, 0.15) is 12.9 Å². The van der Waals surface area contributed by atoms with E-state index in [1.165, 1.54) is 30.2 Å². The lowest BCUT2D eigenvalue weighted by atomic mass is 10.2. The summed E-state index contributed by atoms with van der Waals surface area (Å²) in [5.41, 5.74) is -0.573. The van der Waals surface area contributed by atoms with Crippen LogP contribution < -0.4 is 10.6 Å². The summed E-state index contributed by atoms with van der Waals surface area (Å²) < 4.78 is 78.8. The highest BCUT2D eigenvalue weighted by Crippen LogP contribution is 2.28. The smallest absolute Gasteiger partial charge is 0.323 e. The van der Waals surface area contributed by atoms with Crippen LogP contribution in [-0.2, 0) is 27.4 Å². The fraction of sp³-hybridized carbons (Fsp3) is 0.368. The molecule has 0 spiro atoms. The SMILES string of the molecule is Cc1cc(C(F)(F)F)nn1CC(=O)Nc1cnc(-n2cnc(C3CS(=O)(=O)CCN3)c2)c(F)c1. The number of nitrogens with one attached hydrogen (secondary N) is 2. The van der Waals surface area contributed by atoms with Gasteiger partial charge in [-0.25, -0.2) is 22.8 Å². The number of halogens is 4. The maximum atomic E-state index is 14.7. The van der Waals surface area contributed by atoms with E-state index in [1.807, 2.05) is 0 Å². The molecule has 0 aliphatic carbocycles. The molecule has 3 aromatic rings. The molecule has 0 bridgehead atoms. The second-order valence-corrected chi connectivity index (χ2v) is 9.96. The Hall–Kier alpha value is -3.33. The molecule has 4 rings (SSSR count). The summed E-state index contributed by atoms with van der Waals surface area (Å²) >= 11 is 0. The number of nitrogens with zero attached hydrogens (tertiary/aromatic N) is 5. The zero-order valence-corrected chi connectivity index (χ0v) is 18.5. The van der Waals surface area contributed by atoms with Crippen LogP contribution in [0.4, 0.5) is 23.2 Å². The van der Waals surface area contributed by atoms with Crippen LogP contribution in [0.25, 0.3) is 5.82 Å². The summed E-state index contributed by atoms with van der Waals surface area (Å²) in [4.78, 5) is 20.3. The zero-order chi connectivity index (χ0) is 24.7. The lowest BCUT2D eigenvalue weighted by Crippen LogP contribution is -2.39. The number of sulfone groups is 1. The molecule has 3 aromatic heterocycles. The fourth-order valence-electron chi connectivity index (χ4n) is 3.44. The lowest BCUT2D eigenvalue weighted by Gasteiger charge is -2.21. The van der Waals surface area contributed by atoms with E-state index in [-0.39, 0.29) is 35.2 Å². The van der Waals surface area contributed by atoms with E-state index in [0.717, 1.165) is 16.8 Å². The molecule has 1 fully saturated rings. The van der Waals surface area contributed by atoms with Crippen molar-refractivity contribution in [1.82, 2.24) is 29.6 Å². The van der Waals surface area contributed by atoms with Gasteiger partial charge in [-0.3, -0.25) is 14.0 Å². The number of rotatable bonds is 5. The molecule has 34 heavy (non-hydrogen) atoms. The molecule has 15 heteroatoms. The summed E-state index contributed by atoms with van der Waals surface area (Å²) in [7, 11) is -3.20. The van der Waals surface area contributed by atoms with Crippen molar-refractivity contribution in [3.05, 3.63) is 53.8 Å². The van der Waals surface area contributed by atoms with Crippen molar-refractivity contribution < 1.29 is 30.8 Å². The average molecular weight is 501 g/mol. The van der Waals surface area contributed by atoms with Crippen LogP contribution in [0, 0.1) is 12.7 Å². The molecule has 4 heterocycles. The highest BCUT2D eigenvalue weighted by molar-refractivity contribution is 7.91. The highest BCUT2D eigenvalue weighted by atomic mass is 32.2. The molecule has 0 aromatic carbocycles. The van der Waals surface area contributed by atoms with E-state index in [2.05, 4.69) is 25.7 Å². The standard InChI is InChI=1S/C19H19F4N7O3S/c1-11-4-16(19(21,22)23)28-30(11)8-17(31)27-12-5-13(20)18(25-6-12)29-7-14(26-10-29)15-9-34(32,33)3-2-24-15/h4-7,10,15,24H,2-3,8-9H2,1H3,(H,27,31). The summed E-state index contributed by atoms with van der Waals surface area (Å²) in [5, 5.41) is 8.79. The topological polar surface area (TPSA) is 124 Å². The van der Waals surface area contributed by atoms with Gasteiger partial charge >= 0.3 is 6.18 Å². The van der Waals surface area contributed by atoms with Crippen LogP contribution in [0.1, 0.15) is 23.1 Å². The third-order valence-electron chi connectivity index (χ3n) is 5.10. The predicted molar refractivity (Wildman–Crippen MR) is 111 cm³/mol. The quantitative estimate of drug-likeness (QED) is 0.510. The monoisotopic (exact) mass is 501 g/mol. The Morgan fingerprint density at radius 1 is 1.29 bits per heavy atom. The van der Waals surface area contributed by atoms with Crippen molar-refractivity contribution in [1.29, 1.82) is 0 Å². The predicted octanol–water partition coefficient (Wildman–Crippen LogP) is 1.63. The highest BCUT2D eigenvalue weighted by Gasteiger charge is 2.34. The number of anilines is 1. The van der Waals surface area contributed by atoms with Crippen molar-refractivity contribution in [2.24, 2.45) is 0 Å². The second kappa shape index (κ2) is 8.79. The van der Waals surface area contributed by atoms with Crippen LogP contribution in [-0.4, -0.2) is 56.7 Å². The van der Waals surface area contributed by atoms with Gasteiger partial charge in [-0.05, 0) is 13.0 Å². The Balaban J connectivity index is 1.44. The second-order valence-electron chi connectivity index (χ2n) is 7.73. The molecule has 1 saturated heterocycles. The molecule has 0 saturated carbocycles. The Kier molecular flexibility index (Phi) is 6.16. The molecular formula is C19H19F4N7O3S. The number of aryl methyl sites for hydroxylation is 1. The normalized spacial score (nSPS) is 18.1. The fourth-order valence-corrected chi connectivity index (χ4v) is 4.83. The van der Waals surface area contributed by atoms with Gasteiger partial charge in [0.25, 0.3) is 0 Å². The summed E-state index contributed by atoms with van der Waals surface area (Å²) in [5.74, 6) is -1.74. The van der Waals surface area contributed by atoms with Crippen LogP contribution >= 0.6 is 0 Å². The lowest BCUT2D eigenvalue weighted by molar-refractivity contribution is -0.141. The first-order chi connectivity index (χ1) is 15.9. The first kappa shape index (κ1) is 23.8.